The lowest BCUT2D eigenvalue weighted by atomic mass is 10.1. The van der Waals surface area contributed by atoms with Gasteiger partial charge in [0.25, 0.3) is 0 Å². The third-order valence-corrected chi connectivity index (χ3v) is 10.1. The van der Waals surface area contributed by atoms with Crippen LogP contribution in [-0.4, -0.2) is 36.4 Å². The standard InChI is InChI=1S/C20H22O5S4/c1-11-2-7-17(29-26-11)18(21)15-8-16(15)20(23)25-10-14-6-5-13(27-28-14)9-24-19(22)12-3-4-12/h2,5-7,12,15-16,18,21H,3-4,8-10H2,1H3. The molecule has 3 unspecified atom stereocenters. The third-order valence-electron chi connectivity index (χ3n) is 4.93. The van der Waals surface area contributed by atoms with E-state index in [0.29, 0.717) is 13.0 Å². The molecule has 156 valence electrons. The Kier molecular flexibility index (Phi) is 7.11. The Morgan fingerprint density at radius 3 is 2.21 bits per heavy atom. The van der Waals surface area contributed by atoms with E-state index in [9.17, 15) is 14.7 Å². The fourth-order valence-electron chi connectivity index (χ4n) is 2.88. The minimum Gasteiger partial charge on any atom is -0.460 e. The zero-order chi connectivity index (χ0) is 20.4. The number of carbonyl (C=O) groups is 2. The first-order valence-electron chi connectivity index (χ1n) is 9.50. The molecular weight excluding hydrogens is 448 g/mol. The van der Waals surface area contributed by atoms with Crippen molar-refractivity contribution in [2.75, 3.05) is 13.2 Å². The summed E-state index contributed by atoms with van der Waals surface area (Å²) in [5, 5.41) is 10.5. The van der Waals surface area contributed by atoms with Gasteiger partial charge in [-0.1, -0.05) is 49.3 Å². The van der Waals surface area contributed by atoms with Gasteiger partial charge in [0.05, 0.1) is 17.9 Å². The summed E-state index contributed by atoms with van der Waals surface area (Å²) in [4.78, 5) is 27.9. The first-order chi connectivity index (χ1) is 14.0. The predicted molar refractivity (Wildman–Crippen MR) is 121 cm³/mol. The largest absolute Gasteiger partial charge is 0.460 e. The van der Waals surface area contributed by atoms with Crippen molar-refractivity contribution in [3.05, 3.63) is 43.9 Å². The van der Waals surface area contributed by atoms with Crippen LogP contribution in [0.4, 0.5) is 0 Å². The second-order valence-electron chi connectivity index (χ2n) is 7.39. The van der Waals surface area contributed by atoms with Crippen molar-refractivity contribution in [1.82, 2.24) is 0 Å². The molecule has 0 amide bonds. The van der Waals surface area contributed by atoms with Crippen LogP contribution in [0.2, 0.25) is 0 Å². The maximum absolute atomic E-state index is 12.3. The van der Waals surface area contributed by atoms with Crippen molar-refractivity contribution in [1.29, 1.82) is 0 Å². The van der Waals surface area contributed by atoms with Gasteiger partial charge in [-0.15, -0.1) is 0 Å². The average molecular weight is 471 g/mol. The summed E-state index contributed by atoms with van der Waals surface area (Å²) in [6.45, 7) is 2.57. The Hall–Kier alpha value is -0.740. The molecule has 0 aromatic rings. The summed E-state index contributed by atoms with van der Waals surface area (Å²) in [5.74, 6) is -0.510. The van der Waals surface area contributed by atoms with E-state index in [2.05, 4.69) is 0 Å². The Bertz CT molecular complexity index is 812. The minimum absolute atomic E-state index is 0.0522. The highest BCUT2D eigenvalue weighted by Gasteiger charge is 2.49. The lowest BCUT2D eigenvalue weighted by molar-refractivity contribution is -0.145. The number of ether oxygens (including phenoxy) is 2. The van der Waals surface area contributed by atoms with Gasteiger partial charge in [-0.05, 0) is 49.3 Å². The zero-order valence-electron chi connectivity index (χ0n) is 15.9. The molecule has 4 rings (SSSR count). The molecule has 9 heteroatoms. The van der Waals surface area contributed by atoms with E-state index in [-0.39, 0.29) is 36.3 Å². The van der Waals surface area contributed by atoms with Gasteiger partial charge in [0, 0.05) is 20.6 Å². The summed E-state index contributed by atoms with van der Waals surface area (Å²) in [6, 6.07) is 0. The molecule has 3 atom stereocenters. The Labute approximate surface area is 186 Å². The number of carbonyl (C=O) groups excluding carboxylic acids is 2. The molecule has 2 aliphatic heterocycles. The molecule has 1 N–H and O–H groups in total. The Morgan fingerprint density at radius 2 is 1.66 bits per heavy atom. The van der Waals surface area contributed by atoms with Crippen molar-refractivity contribution < 1.29 is 24.2 Å². The predicted octanol–water partition coefficient (Wildman–Crippen LogP) is 4.83. The van der Waals surface area contributed by atoms with Crippen molar-refractivity contribution in [3.63, 3.8) is 0 Å². The van der Waals surface area contributed by atoms with Crippen LogP contribution >= 0.6 is 43.2 Å². The van der Waals surface area contributed by atoms with Crippen molar-refractivity contribution >= 4 is 55.1 Å². The second-order valence-corrected chi connectivity index (χ2v) is 12.2. The van der Waals surface area contributed by atoms with Crippen molar-refractivity contribution in [2.24, 2.45) is 17.8 Å². The van der Waals surface area contributed by atoms with Gasteiger partial charge >= 0.3 is 11.9 Å². The molecule has 2 aliphatic carbocycles. The molecule has 0 bridgehead atoms. The van der Waals surface area contributed by atoms with E-state index in [1.807, 2.05) is 31.2 Å². The molecule has 2 saturated carbocycles. The summed E-state index contributed by atoms with van der Waals surface area (Å²) in [7, 11) is 6.25. The van der Waals surface area contributed by atoms with Crippen LogP contribution in [-0.2, 0) is 19.1 Å². The van der Waals surface area contributed by atoms with E-state index in [0.717, 1.165) is 27.6 Å². The lowest BCUT2D eigenvalue weighted by Crippen LogP contribution is -2.17. The van der Waals surface area contributed by atoms with Gasteiger partial charge in [-0.2, -0.15) is 0 Å². The molecule has 0 radical (unpaired) electrons. The van der Waals surface area contributed by atoms with Gasteiger partial charge < -0.3 is 14.6 Å². The van der Waals surface area contributed by atoms with E-state index in [1.54, 1.807) is 21.6 Å². The molecular formula is C20H22O5S4. The first-order valence-corrected chi connectivity index (χ1v) is 13.8. The zero-order valence-corrected chi connectivity index (χ0v) is 19.1. The number of aliphatic hydroxyl groups excluding tert-OH is 1. The number of esters is 2. The monoisotopic (exact) mass is 470 g/mol. The lowest BCUT2D eigenvalue weighted by Gasteiger charge is -2.17. The SMILES string of the molecule is CC1=CC=C(C(O)C2CC2C(=O)OCC2=CC=C(COC(=O)C3CC3)SS2)SS1. The summed E-state index contributed by atoms with van der Waals surface area (Å²) in [5.41, 5.74) is 0. The highest BCUT2D eigenvalue weighted by molar-refractivity contribution is 8.80. The van der Waals surface area contributed by atoms with Crippen LogP contribution in [0.5, 0.6) is 0 Å². The summed E-state index contributed by atoms with van der Waals surface area (Å²) >= 11 is 0. The number of hydrogen-bond donors (Lipinski definition) is 1. The van der Waals surface area contributed by atoms with Crippen LogP contribution in [0.3, 0.4) is 0 Å². The van der Waals surface area contributed by atoms with E-state index < -0.39 is 6.10 Å². The van der Waals surface area contributed by atoms with Crippen LogP contribution in [0, 0.1) is 17.8 Å². The van der Waals surface area contributed by atoms with Gasteiger partial charge in [0.2, 0.25) is 0 Å². The van der Waals surface area contributed by atoms with Gasteiger partial charge in [0.1, 0.15) is 13.2 Å². The van der Waals surface area contributed by atoms with Crippen LogP contribution < -0.4 is 0 Å². The first kappa shape index (κ1) is 21.5. The second kappa shape index (κ2) is 9.60. The third kappa shape index (κ3) is 5.91. The Morgan fingerprint density at radius 1 is 1.00 bits per heavy atom. The number of aliphatic hydroxyl groups is 1. The number of rotatable bonds is 8. The molecule has 4 aliphatic rings. The Balaban J connectivity index is 1.19. The summed E-state index contributed by atoms with van der Waals surface area (Å²) < 4.78 is 10.7. The van der Waals surface area contributed by atoms with E-state index in [4.69, 9.17) is 9.47 Å². The highest BCUT2D eigenvalue weighted by Crippen LogP contribution is 2.50. The molecule has 0 aromatic carbocycles. The van der Waals surface area contributed by atoms with Crippen LogP contribution in [0.1, 0.15) is 26.2 Å². The normalized spacial score (nSPS) is 27.1. The number of hydrogen-bond acceptors (Lipinski definition) is 9. The smallest absolute Gasteiger partial charge is 0.309 e. The highest BCUT2D eigenvalue weighted by atomic mass is 33.1. The van der Waals surface area contributed by atoms with Crippen LogP contribution in [0.15, 0.2) is 43.9 Å². The summed E-state index contributed by atoms with van der Waals surface area (Å²) in [6.07, 6.45) is 9.71. The quantitative estimate of drug-likeness (QED) is 0.397. The topological polar surface area (TPSA) is 72.8 Å². The van der Waals surface area contributed by atoms with Gasteiger partial charge in [0.15, 0.2) is 0 Å². The van der Waals surface area contributed by atoms with Gasteiger partial charge in [-0.3, -0.25) is 9.59 Å². The fraction of sp³-hybridized carbons (Fsp3) is 0.500. The fourth-order valence-corrected chi connectivity index (χ4v) is 6.88. The maximum atomic E-state index is 12.3. The van der Waals surface area contributed by atoms with Crippen molar-refractivity contribution in [3.8, 4) is 0 Å². The van der Waals surface area contributed by atoms with Gasteiger partial charge in [-0.25, -0.2) is 0 Å². The molecule has 0 spiro atoms. The van der Waals surface area contributed by atoms with E-state index >= 15 is 0 Å². The molecule has 5 nitrogen and oxygen atoms in total. The minimum atomic E-state index is -0.600. The molecule has 0 saturated heterocycles. The van der Waals surface area contributed by atoms with Crippen molar-refractivity contribution in [2.45, 2.75) is 32.3 Å². The molecule has 2 heterocycles. The number of allylic oxidation sites excluding steroid dienone is 5. The van der Waals surface area contributed by atoms with E-state index in [1.165, 1.54) is 26.5 Å². The van der Waals surface area contributed by atoms with Crippen LogP contribution in [0.25, 0.3) is 0 Å². The molecule has 29 heavy (non-hydrogen) atoms. The maximum Gasteiger partial charge on any atom is 0.309 e. The molecule has 0 aromatic heterocycles. The average Bonchev–Trinajstić information content (AvgIpc) is 3.64. The molecule has 2 fully saturated rings.